The molecule has 0 aromatic heterocycles. The lowest BCUT2D eigenvalue weighted by Gasteiger charge is -2.32. The van der Waals surface area contributed by atoms with Gasteiger partial charge in [-0.15, -0.1) is 0 Å². The highest BCUT2D eigenvalue weighted by atomic mass is 79.9. The summed E-state index contributed by atoms with van der Waals surface area (Å²) in [7, 11) is 0. The van der Waals surface area contributed by atoms with Gasteiger partial charge < -0.3 is 5.32 Å². The third-order valence-electron chi connectivity index (χ3n) is 5.07. The Kier molecular flexibility index (Phi) is 6.63. The predicted molar refractivity (Wildman–Crippen MR) is 112 cm³/mol. The van der Waals surface area contributed by atoms with Crippen LogP contribution in [-0.2, 0) is 12.0 Å². The maximum Gasteiger partial charge on any atom is 0.399 e. The number of hydrogen-bond donors (Lipinski definition) is 1. The van der Waals surface area contributed by atoms with E-state index in [1.54, 1.807) is 18.2 Å². The average molecular weight is 529 g/mol. The lowest BCUT2D eigenvalue weighted by atomic mass is 9.77. The number of alkyl halides is 3. The Labute approximate surface area is 188 Å². The molecule has 1 aliphatic rings. The number of nitrogens with zero attached hydrogens (tertiary/aromatic N) is 3. The zero-order chi connectivity index (χ0) is 21.4. The number of hydrogen-bond acceptors (Lipinski definition) is 2. The average Bonchev–Trinajstić information content (AvgIpc) is 3.11. The van der Waals surface area contributed by atoms with Crippen LogP contribution in [0.2, 0.25) is 15.1 Å². The summed E-state index contributed by atoms with van der Waals surface area (Å²) in [5.41, 5.74) is 7.67. The molecule has 4 nitrogen and oxygen atoms in total. The number of halogens is 7. The summed E-state index contributed by atoms with van der Waals surface area (Å²) in [5, 5.41) is 6.45. The molecule has 11 heteroatoms. The normalized spacial score (nSPS) is 21.8. The van der Waals surface area contributed by atoms with Gasteiger partial charge in [0.05, 0.1) is 21.6 Å². The van der Waals surface area contributed by atoms with Crippen LogP contribution in [0.1, 0.15) is 29.2 Å². The molecule has 1 heterocycles. The van der Waals surface area contributed by atoms with Gasteiger partial charge in [-0.05, 0) is 46.8 Å². The van der Waals surface area contributed by atoms with Crippen molar-refractivity contribution in [3.8, 4) is 0 Å². The molecular weight excluding hydrogens is 515 g/mol. The lowest BCUT2D eigenvalue weighted by molar-refractivity contribution is -0.185. The molecule has 0 saturated carbocycles. The summed E-state index contributed by atoms with van der Waals surface area (Å²) < 4.78 is 43.3. The van der Waals surface area contributed by atoms with Crippen molar-refractivity contribution in [1.82, 2.24) is 5.32 Å². The number of nitrogens with one attached hydrogen (secondary N) is 1. The minimum atomic E-state index is -4.53. The van der Waals surface area contributed by atoms with E-state index in [0.29, 0.717) is 10.0 Å². The van der Waals surface area contributed by atoms with Crippen LogP contribution in [0.15, 0.2) is 39.9 Å². The molecule has 0 radical (unpaired) electrons. The Morgan fingerprint density at radius 2 is 1.86 bits per heavy atom. The fraction of sp³-hybridized carbons (Fsp3) is 0.333. The van der Waals surface area contributed by atoms with Crippen LogP contribution in [-0.4, -0.2) is 12.7 Å². The second-order valence-electron chi connectivity index (χ2n) is 6.71. The summed E-state index contributed by atoms with van der Waals surface area (Å²) in [6.07, 6.45) is -4.76. The van der Waals surface area contributed by atoms with Crippen LogP contribution in [0.4, 0.5) is 13.2 Å². The molecule has 0 aliphatic carbocycles. The van der Waals surface area contributed by atoms with Crippen LogP contribution in [0, 0.1) is 0 Å². The van der Waals surface area contributed by atoms with Crippen molar-refractivity contribution in [2.45, 2.75) is 30.6 Å². The minimum absolute atomic E-state index is 0.0219. The highest BCUT2D eigenvalue weighted by molar-refractivity contribution is 9.10. The van der Waals surface area contributed by atoms with Crippen LogP contribution >= 0.6 is 50.7 Å². The fourth-order valence-corrected chi connectivity index (χ4v) is 4.59. The largest absolute Gasteiger partial charge is 0.399 e. The second-order valence-corrected chi connectivity index (χ2v) is 8.76. The number of azide groups is 1. The summed E-state index contributed by atoms with van der Waals surface area (Å²) in [6.45, 7) is -0.183. The highest BCUT2D eigenvalue weighted by Gasteiger charge is 2.59. The van der Waals surface area contributed by atoms with Gasteiger partial charge in [0.25, 0.3) is 0 Å². The van der Waals surface area contributed by atoms with Crippen molar-refractivity contribution < 1.29 is 13.2 Å². The van der Waals surface area contributed by atoms with E-state index in [2.05, 4.69) is 31.3 Å². The van der Waals surface area contributed by atoms with E-state index >= 15 is 0 Å². The van der Waals surface area contributed by atoms with Gasteiger partial charge in [0, 0.05) is 22.0 Å². The molecule has 3 rings (SSSR count). The Morgan fingerprint density at radius 1 is 1.21 bits per heavy atom. The first-order valence-corrected chi connectivity index (χ1v) is 10.3. The van der Waals surface area contributed by atoms with E-state index in [0.717, 1.165) is 5.56 Å². The smallest absolute Gasteiger partial charge is 0.309 e. The van der Waals surface area contributed by atoms with Crippen LogP contribution in [0.25, 0.3) is 10.4 Å². The summed E-state index contributed by atoms with van der Waals surface area (Å²) >= 11 is 21.3. The molecule has 1 fully saturated rings. The first-order chi connectivity index (χ1) is 13.6. The minimum Gasteiger partial charge on any atom is -0.309 e. The number of benzene rings is 2. The molecule has 0 bridgehead atoms. The van der Waals surface area contributed by atoms with Gasteiger partial charge in [0.1, 0.15) is 5.41 Å². The zero-order valence-electron chi connectivity index (χ0n) is 14.6. The zero-order valence-corrected chi connectivity index (χ0v) is 18.4. The van der Waals surface area contributed by atoms with E-state index in [-0.39, 0.29) is 40.1 Å². The topological polar surface area (TPSA) is 60.8 Å². The van der Waals surface area contributed by atoms with Crippen molar-refractivity contribution in [3.63, 3.8) is 0 Å². The molecule has 0 amide bonds. The van der Waals surface area contributed by atoms with Gasteiger partial charge in [-0.25, -0.2) is 0 Å². The monoisotopic (exact) mass is 526 g/mol. The Balaban J connectivity index is 1.98. The van der Waals surface area contributed by atoms with Gasteiger partial charge in [0.2, 0.25) is 0 Å². The first kappa shape index (κ1) is 22.5. The van der Waals surface area contributed by atoms with Crippen molar-refractivity contribution in [2.75, 3.05) is 6.54 Å². The maximum absolute atomic E-state index is 14.2. The standard InChI is InChI=1S/C18H13BrCl3F3N4/c19-12-3-9(1-2-10(12)7-28-29-26)15-6-17(8-27-15,18(23,24)25)11-4-13(20)16(22)14(21)5-11/h1-5,15,27H,6-8H2. The van der Waals surface area contributed by atoms with Gasteiger partial charge in [-0.3, -0.25) is 0 Å². The third-order valence-corrected chi connectivity index (χ3v) is 7.00. The predicted octanol–water partition coefficient (Wildman–Crippen LogP) is 7.75. The van der Waals surface area contributed by atoms with E-state index in [9.17, 15) is 13.2 Å². The van der Waals surface area contributed by atoms with Gasteiger partial charge >= 0.3 is 6.18 Å². The fourth-order valence-electron chi connectivity index (χ4n) is 3.47. The molecule has 1 N–H and O–H groups in total. The maximum atomic E-state index is 14.2. The van der Waals surface area contributed by atoms with Gasteiger partial charge in [-0.2, -0.15) is 13.2 Å². The second kappa shape index (κ2) is 8.53. The molecular formula is C18H13BrCl3F3N4. The first-order valence-electron chi connectivity index (χ1n) is 8.33. The number of rotatable bonds is 4. The molecule has 29 heavy (non-hydrogen) atoms. The summed E-state index contributed by atoms with van der Waals surface area (Å²) in [4.78, 5) is 2.71. The Bertz CT molecular complexity index is 972. The Hall–Kier alpha value is -1.15. The van der Waals surface area contributed by atoms with Crippen LogP contribution < -0.4 is 5.32 Å². The lowest BCUT2D eigenvalue weighted by Crippen LogP contribution is -2.44. The van der Waals surface area contributed by atoms with E-state index in [1.807, 2.05) is 0 Å². The van der Waals surface area contributed by atoms with E-state index in [1.165, 1.54) is 12.1 Å². The highest BCUT2D eigenvalue weighted by Crippen LogP contribution is 2.51. The van der Waals surface area contributed by atoms with E-state index < -0.39 is 17.6 Å². The molecule has 154 valence electrons. The SMILES string of the molecule is [N-]=[N+]=NCc1ccc(C2CC(c3cc(Cl)c(Cl)c(Cl)c3)(C(F)(F)F)CN2)cc1Br. The molecule has 2 aromatic carbocycles. The Morgan fingerprint density at radius 3 is 2.41 bits per heavy atom. The molecule has 2 atom stereocenters. The molecule has 2 unspecified atom stereocenters. The van der Waals surface area contributed by atoms with Crippen molar-refractivity contribution >= 4 is 50.7 Å². The van der Waals surface area contributed by atoms with Gasteiger partial charge in [0.15, 0.2) is 0 Å². The van der Waals surface area contributed by atoms with Crippen LogP contribution in [0.3, 0.4) is 0 Å². The molecule has 2 aromatic rings. The van der Waals surface area contributed by atoms with Gasteiger partial charge in [-0.1, -0.05) is 68.0 Å². The van der Waals surface area contributed by atoms with E-state index in [4.69, 9.17) is 40.3 Å². The summed E-state index contributed by atoms with van der Waals surface area (Å²) in [5.74, 6) is 0. The van der Waals surface area contributed by atoms with Crippen molar-refractivity contribution in [3.05, 3.63) is 77.0 Å². The summed E-state index contributed by atoms with van der Waals surface area (Å²) in [6, 6.07) is 7.08. The molecule has 1 aliphatic heterocycles. The quantitative estimate of drug-likeness (QED) is 0.188. The van der Waals surface area contributed by atoms with Crippen LogP contribution in [0.5, 0.6) is 0 Å². The molecule has 1 saturated heterocycles. The van der Waals surface area contributed by atoms with Crippen molar-refractivity contribution in [1.29, 1.82) is 0 Å². The third kappa shape index (κ3) is 4.33. The molecule has 0 spiro atoms. The van der Waals surface area contributed by atoms with Crippen molar-refractivity contribution in [2.24, 2.45) is 5.11 Å².